The molecule has 3 nitrogen and oxygen atoms in total. The van der Waals surface area contributed by atoms with Gasteiger partial charge in [-0.05, 0) is 42.7 Å². The van der Waals surface area contributed by atoms with E-state index in [0.29, 0.717) is 12.1 Å². The zero-order chi connectivity index (χ0) is 21.9. The highest BCUT2D eigenvalue weighted by atomic mass is 19.2. The van der Waals surface area contributed by atoms with E-state index in [9.17, 15) is 18.0 Å². The van der Waals surface area contributed by atoms with E-state index >= 15 is 0 Å². The molecular weight excluding hydrogens is 393 g/mol. The van der Waals surface area contributed by atoms with Gasteiger partial charge in [-0.2, -0.15) is 4.39 Å². The smallest absolute Gasteiger partial charge is 0.449 e. The van der Waals surface area contributed by atoms with Crippen LogP contribution in [0.5, 0.6) is 5.75 Å². The van der Waals surface area contributed by atoms with Gasteiger partial charge in [-0.25, -0.2) is 13.6 Å². The number of rotatable bonds is 6. The Kier molecular flexibility index (Phi) is 10.5. The Morgan fingerprint density at radius 3 is 2.17 bits per heavy atom. The lowest BCUT2D eigenvalue weighted by Gasteiger charge is -2.36. The van der Waals surface area contributed by atoms with Gasteiger partial charge in [0, 0.05) is 0 Å². The molecule has 0 saturated heterocycles. The molecule has 0 spiro atoms. The number of carboxylic acid groups (broad SMARTS) is 1. The summed E-state index contributed by atoms with van der Waals surface area (Å²) in [6, 6.07) is 1.25. The molecule has 0 heterocycles. The molecule has 2 aliphatic rings. The molecule has 2 fully saturated rings. The van der Waals surface area contributed by atoms with Crippen LogP contribution in [0.1, 0.15) is 90.4 Å². The standard InChI is InChI=1S/C17H32.C7H3F3O3/c1-2-3-5-8-15-11-13-17(14-12-15)16-9-6-4-7-10-16;8-3-1-2-4(13-7(11)12)6(10)5(3)9/h15-17H,2-14H2,1H3;1-2H,(H,11,12). The van der Waals surface area contributed by atoms with E-state index in [4.69, 9.17) is 5.11 Å². The second-order valence-electron chi connectivity index (χ2n) is 8.72. The summed E-state index contributed by atoms with van der Waals surface area (Å²) in [5.41, 5.74) is 0. The Labute approximate surface area is 178 Å². The maximum Gasteiger partial charge on any atom is 0.511 e. The maximum absolute atomic E-state index is 12.6. The number of unbranched alkanes of at least 4 members (excludes halogenated alkanes) is 2. The number of hydrogen-bond acceptors (Lipinski definition) is 2. The van der Waals surface area contributed by atoms with Crippen molar-refractivity contribution >= 4 is 6.16 Å². The van der Waals surface area contributed by atoms with Gasteiger partial charge in [-0.15, -0.1) is 0 Å². The SMILES string of the molecule is CCCCCC1CCC(C2CCCCC2)CC1.O=C(O)Oc1ccc(F)c(F)c1F. The normalized spacial score (nSPS) is 22.1. The van der Waals surface area contributed by atoms with Gasteiger partial charge in [-0.3, -0.25) is 0 Å². The fourth-order valence-electron chi connectivity index (χ4n) is 4.92. The molecular formula is C24H35F3O3. The summed E-state index contributed by atoms with van der Waals surface area (Å²) >= 11 is 0. The van der Waals surface area contributed by atoms with Gasteiger partial charge >= 0.3 is 6.16 Å². The van der Waals surface area contributed by atoms with Crippen LogP contribution < -0.4 is 4.74 Å². The minimum absolute atomic E-state index is 0.566. The molecule has 0 amide bonds. The van der Waals surface area contributed by atoms with Crippen molar-refractivity contribution in [3.8, 4) is 5.75 Å². The second kappa shape index (κ2) is 12.9. The van der Waals surface area contributed by atoms with Crippen LogP contribution in [0.15, 0.2) is 12.1 Å². The van der Waals surface area contributed by atoms with Crippen molar-refractivity contribution in [3.05, 3.63) is 29.6 Å². The summed E-state index contributed by atoms with van der Waals surface area (Å²) in [6.45, 7) is 2.32. The summed E-state index contributed by atoms with van der Waals surface area (Å²) in [5.74, 6) is -2.36. The summed E-state index contributed by atoms with van der Waals surface area (Å²) in [4.78, 5) is 9.91. The van der Waals surface area contributed by atoms with Crippen LogP contribution >= 0.6 is 0 Å². The molecule has 0 bridgehead atoms. The van der Waals surface area contributed by atoms with Crippen molar-refractivity contribution in [3.63, 3.8) is 0 Å². The predicted octanol–water partition coefficient (Wildman–Crippen LogP) is 8.11. The Balaban J connectivity index is 0.000000222. The Hall–Kier alpha value is -1.72. The lowest BCUT2D eigenvalue weighted by molar-refractivity contribution is 0.142. The van der Waals surface area contributed by atoms with Crippen molar-refractivity contribution < 1.29 is 27.8 Å². The molecule has 1 aromatic rings. The van der Waals surface area contributed by atoms with E-state index < -0.39 is 29.4 Å². The number of carbonyl (C=O) groups is 1. The van der Waals surface area contributed by atoms with E-state index in [1.54, 1.807) is 38.5 Å². The molecule has 0 aromatic heterocycles. The molecule has 1 N–H and O–H groups in total. The third kappa shape index (κ3) is 7.84. The van der Waals surface area contributed by atoms with Crippen molar-refractivity contribution in [2.24, 2.45) is 17.8 Å². The molecule has 3 rings (SSSR count). The summed E-state index contributed by atoms with van der Waals surface area (Å²) in [5, 5.41) is 8.05. The second-order valence-corrected chi connectivity index (χ2v) is 8.72. The fourth-order valence-corrected chi connectivity index (χ4v) is 4.92. The van der Waals surface area contributed by atoms with Crippen LogP contribution in [0, 0.1) is 35.2 Å². The highest BCUT2D eigenvalue weighted by Crippen LogP contribution is 2.41. The van der Waals surface area contributed by atoms with E-state index in [1.807, 2.05) is 0 Å². The van der Waals surface area contributed by atoms with Crippen molar-refractivity contribution in [2.75, 3.05) is 0 Å². The molecule has 0 aliphatic heterocycles. The number of ether oxygens (including phenoxy) is 1. The topological polar surface area (TPSA) is 46.5 Å². The van der Waals surface area contributed by atoms with Crippen LogP contribution in [0.2, 0.25) is 0 Å². The van der Waals surface area contributed by atoms with Gasteiger partial charge in [0.25, 0.3) is 0 Å². The minimum Gasteiger partial charge on any atom is -0.449 e. The highest BCUT2D eigenvalue weighted by molar-refractivity contribution is 5.61. The predicted molar refractivity (Wildman–Crippen MR) is 111 cm³/mol. The largest absolute Gasteiger partial charge is 0.511 e. The quantitative estimate of drug-likeness (QED) is 0.215. The molecule has 2 saturated carbocycles. The van der Waals surface area contributed by atoms with Crippen LogP contribution in [-0.2, 0) is 0 Å². The monoisotopic (exact) mass is 428 g/mol. The molecule has 0 unspecified atom stereocenters. The van der Waals surface area contributed by atoms with Crippen molar-refractivity contribution in [1.29, 1.82) is 0 Å². The average molecular weight is 429 g/mol. The molecule has 6 heteroatoms. The Bertz CT molecular complexity index is 651. The molecule has 170 valence electrons. The lowest BCUT2D eigenvalue weighted by Crippen LogP contribution is -2.23. The average Bonchev–Trinajstić information content (AvgIpc) is 2.76. The van der Waals surface area contributed by atoms with Crippen molar-refractivity contribution in [1.82, 2.24) is 0 Å². The summed E-state index contributed by atoms with van der Waals surface area (Å²) in [6.07, 6.45) is 18.0. The van der Waals surface area contributed by atoms with E-state index in [2.05, 4.69) is 11.7 Å². The van der Waals surface area contributed by atoms with E-state index in [1.165, 1.54) is 44.9 Å². The highest BCUT2D eigenvalue weighted by Gasteiger charge is 2.28. The maximum atomic E-state index is 12.6. The van der Waals surface area contributed by atoms with Crippen LogP contribution in [0.25, 0.3) is 0 Å². The third-order valence-electron chi connectivity index (χ3n) is 6.62. The Morgan fingerprint density at radius 1 is 0.933 bits per heavy atom. The van der Waals surface area contributed by atoms with Crippen LogP contribution in [0.3, 0.4) is 0 Å². The first kappa shape index (κ1) is 24.5. The van der Waals surface area contributed by atoms with E-state index in [0.717, 1.165) is 17.8 Å². The molecule has 1 aromatic carbocycles. The number of benzene rings is 1. The molecule has 2 aliphatic carbocycles. The van der Waals surface area contributed by atoms with Gasteiger partial charge in [0.2, 0.25) is 5.82 Å². The molecule has 30 heavy (non-hydrogen) atoms. The van der Waals surface area contributed by atoms with Gasteiger partial charge in [0.1, 0.15) is 0 Å². The van der Waals surface area contributed by atoms with Crippen molar-refractivity contribution in [2.45, 2.75) is 90.4 Å². The summed E-state index contributed by atoms with van der Waals surface area (Å²) in [7, 11) is 0. The van der Waals surface area contributed by atoms with Crippen LogP contribution in [-0.4, -0.2) is 11.3 Å². The number of hydrogen-bond donors (Lipinski definition) is 1. The van der Waals surface area contributed by atoms with Crippen LogP contribution in [0.4, 0.5) is 18.0 Å². The van der Waals surface area contributed by atoms with Gasteiger partial charge in [0.15, 0.2) is 17.4 Å². The molecule has 0 atom stereocenters. The minimum atomic E-state index is -1.80. The zero-order valence-electron chi connectivity index (χ0n) is 18.0. The molecule has 0 radical (unpaired) electrons. The summed E-state index contributed by atoms with van der Waals surface area (Å²) < 4.78 is 41.1. The number of halogens is 3. The first-order chi connectivity index (χ1) is 14.4. The third-order valence-corrected chi connectivity index (χ3v) is 6.62. The lowest BCUT2D eigenvalue weighted by atomic mass is 9.70. The van der Waals surface area contributed by atoms with Gasteiger partial charge in [-0.1, -0.05) is 77.6 Å². The van der Waals surface area contributed by atoms with Gasteiger partial charge < -0.3 is 9.84 Å². The van der Waals surface area contributed by atoms with E-state index in [-0.39, 0.29) is 0 Å². The Morgan fingerprint density at radius 2 is 1.57 bits per heavy atom. The zero-order valence-corrected chi connectivity index (χ0v) is 18.0. The van der Waals surface area contributed by atoms with Gasteiger partial charge in [0.05, 0.1) is 0 Å². The fraction of sp³-hybridized carbons (Fsp3) is 0.708. The first-order valence-electron chi connectivity index (χ1n) is 11.5. The first-order valence-corrected chi connectivity index (χ1v) is 11.5.